The second-order valence-electron chi connectivity index (χ2n) is 10.3. The summed E-state index contributed by atoms with van der Waals surface area (Å²) in [6, 6.07) is 7.48. The summed E-state index contributed by atoms with van der Waals surface area (Å²) in [6.45, 7) is 3.51. The number of nitrogens with one attached hydrogen (secondary N) is 1. The van der Waals surface area contributed by atoms with Gasteiger partial charge in [0.05, 0.1) is 17.5 Å². The average molecular weight is 601 g/mol. The lowest BCUT2D eigenvalue weighted by molar-refractivity contribution is 0.134. The summed E-state index contributed by atoms with van der Waals surface area (Å²) in [7, 11) is 0. The number of anilines is 2. The molecule has 2 atom stereocenters. The van der Waals surface area contributed by atoms with Crippen LogP contribution in [0.3, 0.4) is 0 Å². The third-order valence-electron chi connectivity index (χ3n) is 7.74. The Morgan fingerprint density at radius 1 is 1.12 bits per heavy atom. The molecule has 15 heteroatoms. The Kier molecular flexibility index (Phi) is 6.79. The van der Waals surface area contributed by atoms with Crippen LogP contribution in [0.4, 0.5) is 24.8 Å². The van der Waals surface area contributed by atoms with Crippen LogP contribution in [0.2, 0.25) is 0 Å². The second kappa shape index (κ2) is 10.6. The fourth-order valence-corrected chi connectivity index (χ4v) is 6.46. The Morgan fingerprint density at radius 3 is 2.69 bits per heavy atom. The van der Waals surface area contributed by atoms with Crippen molar-refractivity contribution in [3.8, 4) is 17.2 Å². The van der Waals surface area contributed by atoms with Gasteiger partial charge in [0.25, 0.3) is 0 Å². The molecule has 0 aliphatic carbocycles. The number of nitrogen functional groups attached to an aromatic ring is 1. The lowest BCUT2D eigenvalue weighted by Crippen LogP contribution is -2.47. The first kappa shape index (κ1) is 26.8. The number of fused-ring (bicyclic) bond motifs is 3. The maximum absolute atomic E-state index is 14.8. The van der Waals surface area contributed by atoms with E-state index in [1.807, 2.05) is 11.0 Å². The van der Waals surface area contributed by atoms with E-state index in [0.717, 1.165) is 17.4 Å². The van der Waals surface area contributed by atoms with Crippen LogP contribution in [0, 0.1) is 11.6 Å². The van der Waals surface area contributed by atoms with E-state index < -0.39 is 23.9 Å². The fourth-order valence-electron chi connectivity index (χ4n) is 5.50. The normalized spacial score (nSPS) is 19.8. The van der Waals surface area contributed by atoms with Crippen LogP contribution in [-0.2, 0) is 6.54 Å². The van der Waals surface area contributed by atoms with Crippen LogP contribution < -0.4 is 25.6 Å². The quantitative estimate of drug-likeness (QED) is 0.291. The number of halogens is 3. The Hall–Kier alpha value is -4.08. The molecule has 2 saturated heterocycles. The summed E-state index contributed by atoms with van der Waals surface area (Å²) in [6.07, 6.45) is -0.519. The second-order valence-corrected chi connectivity index (χ2v) is 11.3. The summed E-state index contributed by atoms with van der Waals surface area (Å²) in [5.74, 6) is -0.977. The molecule has 0 radical (unpaired) electrons. The van der Waals surface area contributed by atoms with Crippen molar-refractivity contribution in [2.75, 3.05) is 56.4 Å². The maximum atomic E-state index is 14.8. The van der Waals surface area contributed by atoms with Gasteiger partial charge in [-0.2, -0.15) is 14.6 Å². The summed E-state index contributed by atoms with van der Waals surface area (Å²) in [5.41, 5.74) is 8.18. The van der Waals surface area contributed by atoms with Crippen LogP contribution in [0.1, 0.15) is 0 Å². The molecule has 5 aromatic rings. The number of alkyl halides is 1. The summed E-state index contributed by atoms with van der Waals surface area (Å²) in [4.78, 5) is 21.3. The highest BCUT2D eigenvalue weighted by Crippen LogP contribution is 2.31. The largest absolute Gasteiger partial charge is 0.483 e. The van der Waals surface area contributed by atoms with Crippen molar-refractivity contribution in [3.05, 3.63) is 57.9 Å². The number of thiazole rings is 1. The van der Waals surface area contributed by atoms with Gasteiger partial charge in [-0.1, -0.05) is 11.3 Å². The fraction of sp³-hybridized carbons (Fsp3) is 0.370. The van der Waals surface area contributed by atoms with Gasteiger partial charge in [-0.25, -0.2) is 13.2 Å². The number of furan rings is 1. The zero-order chi connectivity index (χ0) is 29.0. The first-order valence-electron chi connectivity index (χ1n) is 13.6. The molecule has 0 saturated carbocycles. The molecule has 6 heterocycles. The molecule has 220 valence electrons. The molecule has 0 spiro atoms. The molecule has 0 amide bonds. The van der Waals surface area contributed by atoms with E-state index in [4.69, 9.17) is 14.9 Å². The molecule has 2 fully saturated rings. The van der Waals surface area contributed by atoms with E-state index in [2.05, 4.69) is 20.3 Å². The summed E-state index contributed by atoms with van der Waals surface area (Å²) in [5, 5.41) is 7.34. The lowest BCUT2D eigenvalue weighted by atomic mass is 10.2. The third-order valence-corrected chi connectivity index (χ3v) is 8.73. The third kappa shape index (κ3) is 4.76. The number of hydrogen-bond acceptors (Lipinski definition) is 10. The molecule has 4 aromatic heterocycles. The minimum absolute atomic E-state index is 0.139. The van der Waals surface area contributed by atoms with Gasteiger partial charge in [0.2, 0.25) is 5.95 Å². The zero-order valence-electron chi connectivity index (χ0n) is 22.3. The van der Waals surface area contributed by atoms with Gasteiger partial charge < -0.3 is 25.1 Å². The average Bonchev–Trinajstić information content (AvgIpc) is 3.77. The standard InChI is InChI=1S/C27H27F3N8O3S/c28-15-10-16(29)22(41-23-14-32-13-17(23)30)12-19(15)36-6-3-35(4-7-36)5-8-37-25-24(42-27(37)39)20-11-18(21-2-1-9-40-21)34-38(20)26(31)33-25/h1-2,9-12,17,23,32H,3-8,13-14H2,(H2,31,33)/t17-,23-/m0/s1. The predicted molar refractivity (Wildman–Crippen MR) is 152 cm³/mol. The number of rotatable bonds is 7. The number of aromatic nitrogens is 4. The van der Waals surface area contributed by atoms with Crippen LogP contribution in [0.25, 0.3) is 27.3 Å². The van der Waals surface area contributed by atoms with Gasteiger partial charge in [-0.15, -0.1) is 0 Å². The Labute approximate surface area is 240 Å². The van der Waals surface area contributed by atoms with E-state index in [1.54, 1.807) is 23.0 Å². The molecule has 3 N–H and O–H groups in total. The van der Waals surface area contributed by atoms with Gasteiger partial charge in [-0.3, -0.25) is 14.3 Å². The van der Waals surface area contributed by atoms with Crippen LogP contribution in [0.15, 0.2) is 45.8 Å². The van der Waals surface area contributed by atoms with E-state index >= 15 is 0 Å². The van der Waals surface area contributed by atoms with E-state index in [9.17, 15) is 18.0 Å². The Bertz CT molecular complexity index is 1810. The van der Waals surface area contributed by atoms with Crippen molar-refractivity contribution >= 4 is 38.8 Å². The number of ether oxygens (including phenoxy) is 1. The monoisotopic (exact) mass is 600 g/mol. The summed E-state index contributed by atoms with van der Waals surface area (Å²) >= 11 is 1.09. The van der Waals surface area contributed by atoms with Crippen LogP contribution in [-0.4, -0.2) is 82.2 Å². The smallest absolute Gasteiger partial charge is 0.309 e. The minimum Gasteiger partial charge on any atom is -0.483 e. The van der Waals surface area contributed by atoms with E-state index in [1.165, 1.54) is 10.6 Å². The van der Waals surface area contributed by atoms with Crippen LogP contribution >= 0.6 is 11.3 Å². The molecule has 1 aromatic carbocycles. The highest BCUT2D eigenvalue weighted by atomic mass is 32.1. The summed E-state index contributed by atoms with van der Waals surface area (Å²) < 4.78 is 57.9. The molecule has 7 rings (SSSR count). The van der Waals surface area contributed by atoms with Gasteiger partial charge in [-0.05, 0) is 18.2 Å². The highest BCUT2D eigenvalue weighted by Gasteiger charge is 2.30. The SMILES string of the molecule is Nc1nc2c(sc(=O)n2CCN2CCN(c3cc(O[C@H]4CNC[C@@H]4F)c(F)cc3F)CC2)c2cc(-c3ccco3)nn12. The van der Waals surface area contributed by atoms with Crippen LogP contribution in [0.5, 0.6) is 5.75 Å². The van der Waals surface area contributed by atoms with Gasteiger partial charge in [0.15, 0.2) is 29.1 Å². The molecule has 2 aliphatic rings. The highest BCUT2D eigenvalue weighted by molar-refractivity contribution is 7.17. The van der Waals surface area contributed by atoms with Crippen molar-refractivity contribution < 1.29 is 22.3 Å². The molecule has 2 aliphatic heterocycles. The predicted octanol–water partition coefficient (Wildman–Crippen LogP) is 2.74. The van der Waals surface area contributed by atoms with Crippen molar-refractivity contribution in [2.45, 2.75) is 18.8 Å². The topological polar surface area (TPSA) is 119 Å². The van der Waals surface area contributed by atoms with Crippen molar-refractivity contribution in [1.29, 1.82) is 0 Å². The van der Waals surface area contributed by atoms with Crippen molar-refractivity contribution in [1.82, 2.24) is 29.4 Å². The number of hydrogen-bond donors (Lipinski definition) is 2. The first-order valence-corrected chi connectivity index (χ1v) is 14.4. The van der Waals surface area contributed by atoms with Gasteiger partial charge >= 0.3 is 4.87 Å². The Morgan fingerprint density at radius 2 is 1.95 bits per heavy atom. The van der Waals surface area contributed by atoms with E-state index in [0.29, 0.717) is 66.6 Å². The molecule has 42 heavy (non-hydrogen) atoms. The number of piperazine rings is 1. The molecular formula is C27H27F3N8O3S. The lowest BCUT2D eigenvalue weighted by Gasteiger charge is -2.36. The Balaban J connectivity index is 1.04. The molecule has 11 nitrogen and oxygen atoms in total. The zero-order valence-corrected chi connectivity index (χ0v) is 23.1. The van der Waals surface area contributed by atoms with Gasteiger partial charge in [0.1, 0.15) is 22.3 Å². The first-order chi connectivity index (χ1) is 20.4. The molecule has 0 bridgehead atoms. The number of nitrogens with zero attached hydrogens (tertiary/aromatic N) is 6. The number of benzene rings is 1. The number of nitrogens with two attached hydrogens (primary N) is 1. The van der Waals surface area contributed by atoms with Gasteiger partial charge in [0, 0.05) is 64.5 Å². The molecular weight excluding hydrogens is 573 g/mol. The molecule has 0 unspecified atom stereocenters. The maximum Gasteiger partial charge on any atom is 0.309 e. The van der Waals surface area contributed by atoms with Crippen molar-refractivity contribution in [3.63, 3.8) is 0 Å². The van der Waals surface area contributed by atoms with Crippen molar-refractivity contribution in [2.24, 2.45) is 0 Å². The minimum atomic E-state index is -1.26. The van der Waals surface area contributed by atoms with E-state index in [-0.39, 0.29) is 35.3 Å².